The van der Waals surface area contributed by atoms with E-state index >= 15 is 0 Å². The van der Waals surface area contributed by atoms with Gasteiger partial charge in [-0.2, -0.15) is 0 Å². The van der Waals surface area contributed by atoms with Crippen molar-refractivity contribution in [1.29, 1.82) is 0 Å². The van der Waals surface area contributed by atoms with Gasteiger partial charge in [0.05, 0.1) is 5.41 Å². The molecular formula is C22H34N+. The molecule has 0 spiro atoms. The molecule has 1 aliphatic rings. The van der Waals surface area contributed by atoms with Crippen molar-refractivity contribution < 1.29 is 4.58 Å². The van der Waals surface area contributed by atoms with E-state index < -0.39 is 0 Å². The van der Waals surface area contributed by atoms with E-state index in [9.17, 15) is 0 Å². The van der Waals surface area contributed by atoms with E-state index in [-0.39, 0.29) is 11.0 Å². The Labute approximate surface area is 142 Å². The second kappa shape index (κ2) is 7.29. The number of nitrogens with zero attached hydrogens (tertiary/aromatic N) is 1. The molecular weight excluding hydrogens is 278 g/mol. The Hall–Kier alpha value is -1.63. The molecule has 0 amide bonds. The van der Waals surface area contributed by atoms with Crippen LogP contribution >= 0.6 is 0 Å². The van der Waals surface area contributed by atoms with Crippen molar-refractivity contribution in [2.75, 3.05) is 7.05 Å². The molecule has 0 aliphatic carbocycles. The van der Waals surface area contributed by atoms with Gasteiger partial charge in [-0.1, -0.05) is 64.3 Å². The van der Waals surface area contributed by atoms with Crippen LogP contribution in [-0.4, -0.2) is 23.4 Å². The standard InChI is InChI=1S/C18H24N.C4H10/c1-7-16(15-11-9-8-10-14(15)2)18(5)12-17(3,4)19(6)13-18;1-4(2)3/h7-11,13H,1-2,12H2,3-6H3;4H,1-3H3/q+1;/b16-15+;. The second-order valence-corrected chi connectivity index (χ2v) is 8.15. The average Bonchev–Trinajstić information content (AvgIpc) is 2.61. The van der Waals surface area contributed by atoms with E-state index in [4.69, 9.17) is 0 Å². The Balaban J connectivity index is 0.000000593. The molecule has 23 heavy (non-hydrogen) atoms. The van der Waals surface area contributed by atoms with Gasteiger partial charge in [-0.25, -0.2) is 4.58 Å². The van der Waals surface area contributed by atoms with Gasteiger partial charge in [0.25, 0.3) is 0 Å². The van der Waals surface area contributed by atoms with Crippen LogP contribution in [0.2, 0.25) is 0 Å². The Morgan fingerprint density at radius 3 is 2.09 bits per heavy atom. The van der Waals surface area contributed by atoms with Crippen molar-refractivity contribution in [3.8, 4) is 0 Å². The van der Waals surface area contributed by atoms with Gasteiger partial charge in [-0.15, -0.1) is 0 Å². The van der Waals surface area contributed by atoms with E-state index in [0.717, 1.165) is 17.6 Å². The van der Waals surface area contributed by atoms with Gasteiger partial charge >= 0.3 is 0 Å². The molecule has 2 rings (SSSR count). The summed E-state index contributed by atoms with van der Waals surface area (Å²) < 4.78 is 2.32. The van der Waals surface area contributed by atoms with Crippen molar-refractivity contribution in [3.05, 3.63) is 47.4 Å². The first-order valence-corrected chi connectivity index (χ1v) is 8.53. The molecule has 1 nitrogen and oxygen atoms in total. The van der Waals surface area contributed by atoms with Gasteiger partial charge in [0, 0.05) is 6.42 Å². The summed E-state index contributed by atoms with van der Waals surface area (Å²) in [6.45, 7) is 21.5. The summed E-state index contributed by atoms with van der Waals surface area (Å²) in [5.41, 5.74) is 1.47. The van der Waals surface area contributed by atoms with Crippen molar-refractivity contribution in [2.24, 2.45) is 11.3 Å². The lowest BCUT2D eigenvalue weighted by Crippen LogP contribution is -2.33. The fraction of sp³-hybridized carbons (Fsp3) is 0.500. The zero-order chi connectivity index (χ0) is 17.8. The van der Waals surface area contributed by atoms with Crippen LogP contribution < -0.4 is 10.4 Å². The number of hydrogen-bond acceptors (Lipinski definition) is 0. The Morgan fingerprint density at radius 2 is 1.70 bits per heavy atom. The molecule has 1 atom stereocenters. The van der Waals surface area contributed by atoms with Crippen molar-refractivity contribution in [3.63, 3.8) is 0 Å². The Bertz CT molecular complexity index is 688. The molecule has 0 fully saturated rings. The molecule has 1 aromatic carbocycles. The summed E-state index contributed by atoms with van der Waals surface area (Å²) in [6, 6.07) is 8.31. The molecule has 0 aromatic heterocycles. The van der Waals surface area contributed by atoms with Gasteiger partial charge in [0.1, 0.15) is 7.05 Å². The first-order valence-electron chi connectivity index (χ1n) is 8.53. The third-order valence-corrected chi connectivity index (χ3v) is 4.36. The summed E-state index contributed by atoms with van der Waals surface area (Å²) in [5.74, 6) is 0.833. The van der Waals surface area contributed by atoms with Crippen LogP contribution in [0.3, 0.4) is 0 Å². The largest absolute Gasteiger partial charge is 0.237 e. The highest BCUT2D eigenvalue weighted by Gasteiger charge is 2.47. The van der Waals surface area contributed by atoms with Crippen LogP contribution in [0.25, 0.3) is 12.2 Å². The zero-order valence-corrected chi connectivity index (χ0v) is 16.1. The second-order valence-electron chi connectivity index (χ2n) is 8.15. The van der Waals surface area contributed by atoms with Crippen LogP contribution in [0.15, 0.2) is 36.9 Å². The summed E-state index contributed by atoms with van der Waals surface area (Å²) in [4.78, 5) is 0. The third kappa shape index (κ3) is 4.67. The molecule has 0 saturated carbocycles. The maximum Gasteiger partial charge on any atom is 0.157 e. The highest BCUT2D eigenvalue weighted by atomic mass is 15.1. The van der Waals surface area contributed by atoms with Gasteiger partial charge in [0.2, 0.25) is 0 Å². The van der Waals surface area contributed by atoms with Gasteiger partial charge in [-0.3, -0.25) is 0 Å². The average molecular weight is 313 g/mol. The lowest BCUT2D eigenvalue weighted by atomic mass is 9.76. The van der Waals surface area contributed by atoms with E-state index in [1.165, 1.54) is 10.8 Å². The van der Waals surface area contributed by atoms with Crippen LogP contribution in [0, 0.1) is 11.3 Å². The van der Waals surface area contributed by atoms with E-state index in [0.29, 0.717) is 0 Å². The van der Waals surface area contributed by atoms with Crippen molar-refractivity contribution >= 4 is 18.4 Å². The number of benzene rings is 1. The molecule has 0 saturated heterocycles. The van der Waals surface area contributed by atoms with E-state index in [1.54, 1.807) is 0 Å². The fourth-order valence-corrected chi connectivity index (χ4v) is 3.27. The molecule has 1 heteroatoms. The summed E-state index contributed by atoms with van der Waals surface area (Å²) in [5, 5.41) is 2.28. The minimum atomic E-state index is 0.0216. The molecule has 0 bridgehead atoms. The lowest BCUT2D eigenvalue weighted by Gasteiger charge is -2.23. The predicted octanol–water partition coefficient (Wildman–Crippen LogP) is 4.00. The summed E-state index contributed by atoms with van der Waals surface area (Å²) in [6.07, 6.45) is 5.42. The first-order chi connectivity index (χ1) is 10.5. The first kappa shape index (κ1) is 19.4. The summed E-state index contributed by atoms with van der Waals surface area (Å²) >= 11 is 0. The monoisotopic (exact) mass is 312 g/mol. The molecule has 0 N–H and O–H groups in total. The van der Waals surface area contributed by atoms with Gasteiger partial charge in [0.15, 0.2) is 11.8 Å². The SMILES string of the molecule is C=C/C(=c1/ccccc1=C)C1(C)C=[N+](C)C(C)(C)C1.CC(C)C. The molecule has 1 unspecified atom stereocenters. The topological polar surface area (TPSA) is 3.01 Å². The van der Waals surface area contributed by atoms with Gasteiger partial charge in [-0.05, 0) is 42.7 Å². The maximum atomic E-state index is 4.15. The van der Waals surface area contributed by atoms with Crippen LogP contribution in [0.4, 0.5) is 0 Å². The number of hydrogen-bond donors (Lipinski definition) is 0. The maximum absolute atomic E-state index is 4.15. The van der Waals surface area contributed by atoms with E-state index in [1.807, 2.05) is 12.1 Å². The van der Waals surface area contributed by atoms with Gasteiger partial charge < -0.3 is 0 Å². The normalized spacial score (nSPS) is 23.7. The minimum absolute atomic E-state index is 0.0216. The van der Waals surface area contributed by atoms with Crippen LogP contribution in [0.1, 0.15) is 48.0 Å². The molecule has 0 radical (unpaired) electrons. The zero-order valence-electron chi connectivity index (χ0n) is 16.1. The molecule has 1 aliphatic heterocycles. The Morgan fingerprint density at radius 1 is 1.17 bits per heavy atom. The minimum Gasteiger partial charge on any atom is -0.237 e. The predicted molar refractivity (Wildman–Crippen MR) is 104 cm³/mol. The highest BCUT2D eigenvalue weighted by Crippen LogP contribution is 2.40. The highest BCUT2D eigenvalue weighted by molar-refractivity contribution is 5.82. The number of rotatable bonds is 2. The van der Waals surface area contributed by atoms with Crippen LogP contribution in [-0.2, 0) is 0 Å². The van der Waals surface area contributed by atoms with E-state index in [2.05, 4.69) is 90.7 Å². The summed E-state index contributed by atoms with van der Waals surface area (Å²) in [7, 11) is 2.15. The number of allylic oxidation sites excluding steroid dienone is 1. The molecule has 126 valence electrons. The van der Waals surface area contributed by atoms with Crippen molar-refractivity contribution in [1.82, 2.24) is 0 Å². The quantitative estimate of drug-likeness (QED) is 0.726. The molecule has 1 heterocycles. The van der Waals surface area contributed by atoms with Crippen LogP contribution in [0.5, 0.6) is 0 Å². The smallest absolute Gasteiger partial charge is 0.157 e. The third-order valence-electron chi connectivity index (χ3n) is 4.36. The fourth-order valence-electron chi connectivity index (χ4n) is 3.27. The van der Waals surface area contributed by atoms with Crippen molar-refractivity contribution in [2.45, 2.75) is 53.5 Å². The lowest BCUT2D eigenvalue weighted by molar-refractivity contribution is -0.562. The molecule has 1 aromatic rings. The Kier molecular flexibility index (Phi) is 6.16.